The van der Waals surface area contributed by atoms with Gasteiger partial charge in [0.2, 0.25) is 0 Å². The van der Waals surface area contributed by atoms with Crippen LogP contribution in [0.25, 0.3) is 0 Å². The summed E-state index contributed by atoms with van der Waals surface area (Å²) in [5.74, 6) is 0.892. The van der Waals surface area contributed by atoms with Crippen LogP contribution in [0.15, 0.2) is 18.3 Å². The number of rotatable bonds is 5. The Morgan fingerprint density at radius 3 is 2.85 bits per heavy atom. The summed E-state index contributed by atoms with van der Waals surface area (Å²) < 4.78 is 0. The van der Waals surface area contributed by atoms with E-state index in [2.05, 4.69) is 34.3 Å². The summed E-state index contributed by atoms with van der Waals surface area (Å²) in [4.78, 5) is 7.20. The molecule has 1 aromatic heterocycles. The normalized spacial score (nSPS) is 24.6. The monoisotopic (exact) mass is 273 g/mol. The zero-order chi connectivity index (χ0) is 13.8. The molecule has 3 nitrogen and oxygen atoms in total. The molecule has 1 atom stereocenters. The van der Waals surface area contributed by atoms with Gasteiger partial charge in [-0.05, 0) is 62.7 Å². The molecule has 1 N–H and O–H groups in total. The van der Waals surface area contributed by atoms with Crippen molar-refractivity contribution in [1.82, 2.24) is 15.2 Å². The van der Waals surface area contributed by atoms with Crippen molar-refractivity contribution in [2.24, 2.45) is 5.92 Å². The van der Waals surface area contributed by atoms with Crippen molar-refractivity contribution in [2.75, 3.05) is 13.1 Å². The average Bonchev–Trinajstić information content (AvgIpc) is 3.28. The van der Waals surface area contributed by atoms with E-state index in [1.54, 1.807) is 0 Å². The highest BCUT2D eigenvalue weighted by atomic mass is 15.1. The number of hydrogen-bond acceptors (Lipinski definition) is 3. The molecule has 3 rings (SSSR count). The topological polar surface area (TPSA) is 28.2 Å². The van der Waals surface area contributed by atoms with Gasteiger partial charge in [0.25, 0.3) is 0 Å². The van der Waals surface area contributed by atoms with Gasteiger partial charge in [-0.15, -0.1) is 0 Å². The van der Waals surface area contributed by atoms with Crippen LogP contribution in [0.4, 0.5) is 0 Å². The second kappa shape index (κ2) is 6.68. The molecule has 1 saturated heterocycles. The van der Waals surface area contributed by atoms with E-state index in [4.69, 9.17) is 0 Å². The lowest BCUT2D eigenvalue weighted by Gasteiger charge is -2.19. The summed E-state index contributed by atoms with van der Waals surface area (Å²) in [6.45, 7) is 6.83. The van der Waals surface area contributed by atoms with Crippen LogP contribution in [-0.2, 0) is 13.1 Å². The molecule has 2 aliphatic rings. The molecule has 1 saturated carbocycles. The molecule has 0 spiro atoms. The van der Waals surface area contributed by atoms with E-state index in [-0.39, 0.29) is 0 Å². The summed E-state index contributed by atoms with van der Waals surface area (Å²) in [6.07, 6.45) is 8.80. The largest absolute Gasteiger partial charge is 0.310 e. The van der Waals surface area contributed by atoms with Gasteiger partial charge in [-0.2, -0.15) is 0 Å². The van der Waals surface area contributed by atoms with Crippen molar-refractivity contribution in [3.8, 4) is 0 Å². The molecule has 2 fully saturated rings. The van der Waals surface area contributed by atoms with Crippen LogP contribution >= 0.6 is 0 Å². The van der Waals surface area contributed by atoms with Gasteiger partial charge >= 0.3 is 0 Å². The van der Waals surface area contributed by atoms with Gasteiger partial charge in [0.05, 0.1) is 5.69 Å². The Kier molecular flexibility index (Phi) is 4.69. The van der Waals surface area contributed by atoms with E-state index in [1.807, 2.05) is 6.20 Å². The molecule has 0 aromatic carbocycles. The van der Waals surface area contributed by atoms with Crippen LogP contribution in [0, 0.1) is 5.92 Å². The van der Waals surface area contributed by atoms with Crippen molar-refractivity contribution in [1.29, 1.82) is 0 Å². The predicted octanol–water partition coefficient (Wildman–Crippen LogP) is 2.96. The molecule has 2 heterocycles. The minimum absolute atomic E-state index is 0.772. The lowest BCUT2D eigenvalue weighted by Crippen LogP contribution is -2.24. The number of nitrogens with one attached hydrogen (secondary N) is 1. The molecule has 0 radical (unpaired) electrons. The quantitative estimate of drug-likeness (QED) is 0.894. The van der Waals surface area contributed by atoms with Crippen molar-refractivity contribution in [2.45, 2.75) is 58.2 Å². The minimum atomic E-state index is 0.772. The van der Waals surface area contributed by atoms with Crippen LogP contribution in [0.2, 0.25) is 0 Å². The van der Waals surface area contributed by atoms with Gasteiger partial charge in [0.1, 0.15) is 0 Å². The fourth-order valence-electron chi connectivity index (χ4n) is 2.91. The second-order valence-electron chi connectivity index (χ2n) is 6.63. The zero-order valence-electron chi connectivity index (χ0n) is 12.6. The van der Waals surface area contributed by atoms with Gasteiger partial charge in [0.15, 0.2) is 0 Å². The number of pyridine rings is 1. The third kappa shape index (κ3) is 4.29. The molecule has 110 valence electrons. The summed E-state index contributed by atoms with van der Waals surface area (Å²) in [6, 6.07) is 5.21. The summed E-state index contributed by atoms with van der Waals surface area (Å²) in [5.41, 5.74) is 2.53. The van der Waals surface area contributed by atoms with Crippen molar-refractivity contribution >= 4 is 0 Å². The Morgan fingerprint density at radius 2 is 2.10 bits per heavy atom. The first-order chi connectivity index (χ1) is 9.79. The number of nitrogens with zero attached hydrogens (tertiary/aromatic N) is 2. The van der Waals surface area contributed by atoms with E-state index >= 15 is 0 Å². The SMILES string of the molecule is CC1CCCN(Cc2ccc(CNC3CC3)cn2)CC1. The van der Waals surface area contributed by atoms with Crippen molar-refractivity contribution < 1.29 is 0 Å². The van der Waals surface area contributed by atoms with Gasteiger partial charge in [-0.25, -0.2) is 0 Å². The number of hydrogen-bond donors (Lipinski definition) is 1. The van der Waals surface area contributed by atoms with Crippen LogP contribution < -0.4 is 5.32 Å². The van der Waals surface area contributed by atoms with Gasteiger partial charge in [0, 0.05) is 25.3 Å². The van der Waals surface area contributed by atoms with Gasteiger partial charge in [-0.1, -0.05) is 13.0 Å². The summed E-state index contributed by atoms with van der Waals surface area (Å²) in [7, 11) is 0. The highest BCUT2D eigenvalue weighted by Gasteiger charge is 2.20. The van der Waals surface area contributed by atoms with E-state index < -0.39 is 0 Å². The van der Waals surface area contributed by atoms with Crippen LogP contribution in [0.5, 0.6) is 0 Å². The zero-order valence-corrected chi connectivity index (χ0v) is 12.6. The maximum absolute atomic E-state index is 4.64. The van der Waals surface area contributed by atoms with E-state index in [1.165, 1.54) is 56.5 Å². The first-order valence-corrected chi connectivity index (χ1v) is 8.19. The molecule has 1 aromatic rings. The average molecular weight is 273 g/mol. The molecule has 1 aliphatic heterocycles. The third-order valence-corrected chi connectivity index (χ3v) is 4.55. The Balaban J connectivity index is 1.48. The molecule has 1 aliphatic carbocycles. The van der Waals surface area contributed by atoms with Crippen LogP contribution in [0.3, 0.4) is 0 Å². The maximum atomic E-state index is 4.64. The van der Waals surface area contributed by atoms with Crippen LogP contribution in [-0.4, -0.2) is 29.0 Å². The molecular weight excluding hydrogens is 246 g/mol. The second-order valence-corrected chi connectivity index (χ2v) is 6.63. The van der Waals surface area contributed by atoms with Gasteiger partial charge in [-0.3, -0.25) is 9.88 Å². The maximum Gasteiger partial charge on any atom is 0.0544 e. The van der Waals surface area contributed by atoms with Crippen molar-refractivity contribution in [3.05, 3.63) is 29.6 Å². The molecule has 0 bridgehead atoms. The first-order valence-electron chi connectivity index (χ1n) is 8.19. The van der Waals surface area contributed by atoms with Crippen molar-refractivity contribution in [3.63, 3.8) is 0 Å². The predicted molar refractivity (Wildman–Crippen MR) is 82.4 cm³/mol. The summed E-state index contributed by atoms with van der Waals surface area (Å²) in [5, 5.41) is 3.54. The standard InChI is InChI=1S/C17H27N3/c1-14-3-2-9-20(10-8-14)13-17-5-4-15(12-19-17)11-18-16-6-7-16/h4-5,12,14,16,18H,2-3,6-11,13H2,1H3. The van der Waals surface area contributed by atoms with E-state index in [0.29, 0.717) is 0 Å². The smallest absolute Gasteiger partial charge is 0.0544 e. The lowest BCUT2D eigenvalue weighted by atomic mass is 10.0. The Bertz CT molecular complexity index is 411. The lowest BCUT2D eigenvalue weighted by molar-refractivity contribution is 0.270. The third-order valence-electron chi connectivity index (χ3n) is 4.55. The fourth-order valence-corrected chi connectivity index (χ4v) is 2.91. The highest BCUT2D eigenvalue weighted by Crippen LogP contribution is 2.19. The number of likely N-dealkylation sites (tertiary alicyclic amines) is 1. The van der Waals surface area contributed by atoms with Gasteiger partial charge < -0.3 is 5.32 Å². The molecule has 0 amide bonds. The molecule has 3 heteroatoms. The molecule has 20 heavy (non-hydrogen) atoms. The minimum Gasteiger partial charge on any atom is -0.310 e. The first kappa shape index (κ1) is 14.0. The number of aromatic nitrogens is 1. The van der Waals surface area contributed by atoms with E-state index in [9.17, 15) is 0 Å². The highest BCUT2D eigenvalue weighted by molar-refractivity contribution is 5.14. The van der Waals surface area contributed by atoms with E-state index in [0.717, 1.165) is 25.0 Å². The summed E-state index contributed by atoms with van der Waals surface area (Å²) >= 11 is 0. The van der Waals surface area contributed by atoms with Crippen LogP contribution in [0.1, 0.15) is 50.3 Å². The molecular formula is C17H27N3. The Morgan fingerprint density at radius 1 is 1.20 bits per heavy atom. The fraction of sp³-hybridized carbons (Fsp3) is 0.706. The Hall–Kier alpha value is -0.930. The Labute approximate surface area is 122 Å². The molecule has 1 unspecified atom stereocenters.